The van der Waals surface area contributed by atoms with E-state index in [1.165, 1.54) is 6.20 Å². The Kier molecular flexibility index (Phi) is 4.06. The molecule has 0 bridgehead atoms. The summed E-state index contributed by atoms with van der Waals surface area (Å²) in [4.78, 5) is 22.3. The van der Waals surface area contributed by atoms with Crippen LogP contribution in [0.3, 0.4) is 0 Å². The van der Waals surface area contributed by atoms with Crippen LogP contribution in [-0.2, 0) is 6.54 Å². The highest BCUT2D eigenvalue weighted by atomic mass is 35.5. The van der Waals surface area contributed by atoms with Crippen LogP contribution >= 0.6 is 11.6 Å². The van der Waals surface area contributed by atoms with E-state index in [1.807, 2.05) is 28.8 Å². The lowest BCUT2D eigenvalue weighted by molar-refractivity contribution is 0.0791. The summed E-state index contributed by atoms with van der Waals surface area (Å²) in [5.74, 6) is -0.114. The Bertz CT molecular complexity index is 815. The second kappa shape index (κ2) is 6.15. The molecule has 3 aromatic rings. The number of halogens is 1. The van der Waals surface area contributed by atoms with Crippen molar-refractivity contribution in [3.05, 3.63) is 59.6 Å². The van der Waals surface area contributed by atoms with Crippen LogP contribution in [0.1, 0.15) is 10.4 Å². The van der Waals surface area contributed by atoms with Gasteiger partial charge in [0.05, 0.1) is 27.9 Å². The molecule has 0 aliphatic heterocycles. The minimum atomic E-state index is -0.114. The van der Waals surface area contributed by atoms with Crippen LogP contribution in [-0.4, -0.2) is 38.9 Å². The van der Waals surface area contributed by atoms with Crippen molar-refractivity contribution >= 4 is 28.5 Å². The number of benzene rings is 1. The van der Waals surface area contributed by atoms with Gasteiger partial charge in [0, 0.05) is 32.5 Å². The zero-order valence-electron chi connectivity index (χ0n) is 12.1. The number of aromatic nitrogens is 3. The smallest absolute Gasteiger partial charge is 0.255 e. The third-order valence-corrected chi connectivity index (χ3v) is 3.85. The molecule has 0 saturated carbocycles. The lowest BCUT2D eigenvalue weighted by Crippen LogP contribution is -2.30. The summed E-state index contributed by atoms with van der Waals surface area (Å²) in [5.41, 5.74) is 2.48. The first-order valence-corrected chi connectivity index (χ1v) is 7.29. The molecule has 112 valence electrons. The zero-order valence-corrected chi connectivity index (χ0v) is 12.9. The average molecular weight is 315 g/mol. The Morgan fingerprint density at radius 2 is 2.14 bits per heavy atom. The van der Waals surface area contributed by atoms with Gasteiger partial charge in [0.1, 0.15) is 0 Å². The van der Waals surface area contributed by atoms with Gasteiger partial charge < -0.3 is 9.47 Å². The van der Waals surface area contributed by atoms with E-state index in [-0.39, 0.29) is 5.91 Å². The van der Waals surface area contributed by atoms with Gasteiger partial charge in [0.2, 0.25) is 0 Å². The van der Waals surface area contributed by atoms with Gasteiger partial charge in [-0.05, 0) is 18.2 Å². The number of likely N-dealkylation sites (N-methyl/N-ethyl adjacent to an activating group) is 1. The van der Waals surface area contributed by atoms with Crippen LogP contribution < -0.4 is 0 Å². The summed E-state index contributed by atoms with van der Waals surface area (Å²) < 4.78 is 2.03. The predicted octanol–water partition coefficient (Wildman–Crippen LogP) is 2.86. The van der Waals surface area contributed by atoms with Crippen molar-refractivity contribution in [2.75, 3.05) is 13.6 Å². The molecule has 3 rings (SSSR count). The maximum atomic E-state index is 12.4. The van der Waals surface area contributed by atoms with Crippen LogP contribution in [0.4, 0.5) is 0 Å². The van der Waals surface area contributed by atoms with Gasteiger partial charge in [0.15, 0.2) is 0 Å². The lowest BCUT2D eigenvalue weighted by atomic mass is 10.2. The van der Waals surface area contributed by atoms with Gasteiger partial charge >= 0.3 is 0 Å². The molecular formula is C16H15ClN4O. The molecule has 0 aliphatic rings. The van der Waals surface area contributed by atoms with E-state index in [9.17, 15) is 4.79 Å². The van der Waals surface area contributed by atoms with Crippen LogP contribution in [0.5, 0.6) is 0 Å². The Labute approximate surface area is 133 Å². The Hall–Kier alpha value is -2.40. The maximum absolute atomic E-state index is 12.4. The molecule has 5 nitrogen and oxygen atoms in total. The third-order valence-electron chi connectivity index (χ3n) is 3.55. The minimum absolute atomic E-state index is 0.114. The second-order valence-corrected chi connectivity index (χ2v) is 5.42. The monoisotopic (exact) mass is 314 g/mol. The number of nitrogens with zero attached hydrogens (tertiary/aromatic N) is 4. The highest BCUT2D eigenvalue weighted by molar-refractivity contribution is 6.33. The van der Waals surface area contributed by atoms with E-state index >= 15 is 0 Å². The van der Waals surface area contributed by atoms with Crippen molar-refractivity contribution in [3.63, 3.8) is 0 Å². The molecule has 0 radical (unpaired) electrons. The van der Waals surface area contributed by atoms with Crippen LogP contribution in [0.2, 0.25) is 5.02 Å². The van der Waals surface area contributed by atoms with Crippen molar-refractivity contribution in [3.8, 4) is 0 Å². The Balaban J connectivity index is 1.71. The summed E-state index contributed by atoms with van der Waals surface area (Å²) in [5, 5.41) is 0.368. The minimum Gasteiger partial charge on any atom is -0.340 e. The molecule has 0 N–H and O–H groups in total. The molecule has 0 atom stereocenters. The van der Waals surface area contributed by atoms with E-state index in [0.717, 1.165) is 11.0 Å². The molecule has 0 fully saturated rings. The van der Waals surface area contributed by atoms with Gasteiger partial charge in [-0.1, -0.05) is 23.7 Å². The summed E-state index contributed by atoms with van der Waals surface area (Å²) in [6.07, 6.45) is 4.84. The number of fused-ring (bicyclic) bond motifs is 1. The molecule has 1 amide bonds. The van der Waals surface area contributed by atoms with Crippen molar-refractivity contribution in [1.82, 2.24) is 19.4 Å². The molecule has 6 heteroatoms. The molecule has 0 unspecified atom stereocenters. The van der Waals surface area contributed by atoms with Gasteiger partial charge in [-0.15, -0.1) is 0 Å². The van der Waals surface area contributed by atoms with E-state index in [1.54, 1.807) is 30.5 Å². The van der Waals surface area contributed by atoms with E-state index in [2.05, 4.69) is 9.97 Å². The molecule has 0 spiro atoms. The van der Waals surface area contributed by atoms with Crippen molar-refractivity contribution in [1.29, 1.82) is 0 Å². The summed E-state index contributed by atoms with van der Waals surface area (Å²) >= 11 is 6.02. The fourth-order valence-electron chi connectivity index (χ4n) is 2.30. The Morgan fingerprint density at radius 1 is 1.32 bits per heavy atom. The highest BCUT2D eigenvalue weighted by Gasteiger charge is 2.15. The molecule has 0 aliphatic carbocycles. The van der Waals surface area contributed by atoms with Gasteiger partial charge in [-0.3, -0.25) is 9.78 Å². The average Bonchev–Trinajstić information content (AvgIpc) is 2.95. The first-order chi connectivity index (χ1) is 10.7. The molecule has 2 aromatic heterocycles. The summed E-state index contributed by atoms with van der Waals surface area (Å²) in [6.45, 7) is 1.24. The quantitative estimate of drug-likeness (QED) is 0.744. The number of imidazole rings is 1. The number of carbonyl (C=O) groups excluding carboxylic acids is 1. The zero-order chi connectivity index (χ0) is 15.5. The normalized spacial score (nSPS) is 10.8. The first-order valence-electron chi connectivity index (χ1n) is 6.91. The molecule has 22 heavy (non-hydrogen) atoms. The predicted molar refractivity (Wildman–Crippen MR) is 85.9 cm³/mol. The fourth-order valence-corrected chi connectivity index (χ4v) is 2.50. The van der Waals surface area contributed by atoms with Gasteiger partial charge in [-0.2, -0.15) is 0 Å². The van der Waals surface area contributed by atoms with E-state index < -0.39 is 0 Å². The fraction of sp³-hybridized carbons (Fsp3) is 0.188. The maximum Gasteiger partial charge on any atom is 0.255 e. The highest BCUT2D eigenvalue weighted by Crippen LogP contribution is 2.16. The lowest BCUT2D eigenvalue weighted by Gasteiger charge is -2.18. The molecule has 0 saturated heterocycles. The topological polar surface area (TPSA) is 51.0 Å². The number of carbonyl (C=O) groups is 1. The standard InChI is InChI=1S/C16H15ClN4O/c1-20(16(22)12-6-7-18-10-13(12)17)8-9-21-11-19-14-4-2-3-5-15(14)21/h2-7,10-11H,8-9H2,1H3. The van der Waals surface area contributed by atoms with Crippen molar-refractivity contribution in [2.45, 2.75) is 6.54 Å². The van der Waals surface area contributed by atoms with Gasteiger partial charge in [-0.25, -0.2) is 4.98 Å². The molecule has 2 heterocycles. The summed E-state index contributed by atoms with van der Waals surface area (Å²) in [7, 11) is 1.76. The van der Waals surface area contributed by atoms with Crippen LogP contribution in [0.25, 0.3) is 11.0 Å². The summed E-state index contributed by atoms with van der Waals surface area (Å²) in [6, 6.07) is 9.56. The second-order valence-electron chi connectivity index (χ2n) is 5.01. The van der Waals surface area contributed by atoms with E-state index in [4.69, 9.17) is 11.6 Å². The SMILES string of the molecule is CN(CCn1cnc2ccccc21)C(=O)c1ccncc1Cl. The number of hydrogen-bond acceptors (Lipinski definition) is 3. The number of para-hydroxylation sites is 2. The molecular weight excluding hydrogens is 300 g/mol. The third kappa shape index (κ3) is 2.80. The van der Waals surface area contributed by atoms with E-state index in [0.29, 0.717) is 23.7 Å². The van der Waals surface area contributed by atoms with Crippen molar-refractivity contribution in [2.24, 2.45) is 0 Å². The Morgan fingerprint density at radius 3 is 2.95 bits per heavy atom. The number of amides is 1. The number of pyridine rings is 1. The first kappa shape index (κ1) is 14.5. The number of hydrogen-bond donors (Lipinski definition) is 0. The largest absolute Gasteiger partial charge is 0.340 e. The number of rotatable bonds is 4. The van der Waals surface area contributed by atoms with Crippen LogP contribution in [0, 0.1) is 0 Å². The van der Waals surface area contributed by atoms with Crippen molar-refractivity contribution < 1.29 is 4.79 Å². The van der Waals surface area contributed by atoms with Crippen LogP contribution in [0.15, 0.2) is 49.1 Å². The van der Waals surface area contributed by atoms with Gasteiger partial charge in [0.25, 0.3) is 5.91 Å². The molecule has 1 aromatic carbocycles.